The molecular formula is C25H38N2O4. The van der Waals surface area contributed by atoms with E-state index in [0.29, 0.717) is 31.2 Å². The molecule has 1 aromatic rings. The summed E-state index contributed by atoms with van der Waals surface area (Å²) in [6, 6.07) is 5.99. The largest absolute Gasteiger partial charge is 0.492 e. The van der Waals surface area contributed by atoms with Crippen LogP contribution in [0.25, 0.3) is 0 Å². The number of benzene rings is 1. The van der Waals surface area contributed by atoms with Gasteiger partial charge >= 0.3 is 5.97 Å². The average molecular weight is 431 g/mol. The van der Waals surface area contributed by atoms with E-state index in [9.17, 15) is 14.7 Å². The number of nitrogens with zero attached hydrogens (tertiary/aromatic N) is 1. The Kier molecular flexibility index (Phi) is 9.19. The van der Waals surface area contributed by atoms with Crippen LogP contribution in [0.3, 0.4) is 0 Å². The molecule has 1 aliphatic carbocycles. The standard InChI is InChI=1S/C25H38N2O4/c1-2-31-23-17-20(14-16-27-15-6-9-21(18-27)25(29)30)10-12-22(23)26-24(28)13-11-19-7-4-3-5-8-19/h10,12,17,19,21H,2-9,11,13-16,18H2,1H3,(H,26,28)(H,29,30). The van der Waals surface area contributed by atoms with E-state index in [4.69, 9.17) is 4.74 Å². The molecule has 2 aliphatic rings. The van der Waals surface area contributed by atoms with Gasteiger partial charge in [0.25, 0.3) is 0 Å². The Balaban J connectivity index is 1.52. The Bertz CT molecular complexity index is 730. The van der Waals surface area contributed by atoms with Gasteiger partial charge in [0.15, 0.2) is 0 Å². The summed E-state index contributed by atoms with van der Waals surface area (Å²) in [6.45, 7) is 4.91. The van der Waals surface area contributed by atoms with Crippen LogP contribution >= 0.6 is 0 Å². The molecule has 1 heterocycles. The van der Waals surface area contributed by atoms with E-state index >= 15 is 0 Å². The summed E-state index contributed by atoms with van der Waals surface area (Å²) in [6.07, 6.45) is 10.5. The van der Waals surface area contributed by atoms with E-state index in [2.05, 4.69) is 10.2 Å². The first-order valence-electron chi connectivity index (χ1n) is 12.1. The smallest absolute Gasteiger partial charge is 0.307 e. The number of rotatable bonds is 10. The lowest BCUT2D eigenvalue weighted by molar-refractivity contribution is -0.143. The molecule has 1 aliphatic heterocycles. The number of carboxylic acid groups (broad SMARTS) is 1. The van der Waals surface area contributed by atoms with E-state index in [1.165, 1.54) is 32.1 Å². The quantitative estimate of drug-likeness (QED) is 0.561. The molecule has 31 heavy (non-hydrogen) atoms. The Morgan fingerprint density at radius 2 is 1.97 bits per heavy atom. The maximum atomic E-state index is 12.5. The highest BCUT2D eigenvalue weighted by atomic mass is 16.5. The van der Waals surface area contributed by atoms with Gasteiger partial charge < -0.3 is 20.1 Å². The monoisotopic (exact) mass is 430 g/mol. The molecule has 172 valence electrons. The van der Waals surface area contributed by atoms with Crippen LogP contribution in [0.2, 0.25) is 0 Å². The number of carboxylic acids is 1. The third-order valence-electron chi connectivity index (χ3n) is 6.70. The predicted octanol–water partition coefficient (Wildman–Crippen LogP) is 4.72. The minimum Gasteiger partial charge on any atom is -0.492 e. The first kappa shape index (κ1) is 23.6. The Morgan fingerprint density at radius 1 is 1.16 bits per heavy atom. The topological polar surface area (TPSA) is 78.9 Å². The summed E-state index contributed by atoms with van der Waals surface area (Å²) < 4.78 is 5.81. The van der Waals surface area contributed by atoms with Gasteiger partial charge in [0.05, 0.1) is 18.2 Å². The lowest BCUT2D eigenvalue weighted by Gasteiger charge is -2.30. The van der Waals surface area contributed by atoms with Gasteiger partial charge in [-0.25, -0.2) is 0 Å². The highest BCUT2D eigenvalue weighted by molar-refractivity contribution is 5.92. The highest BCUT2D eigenvalue weighted by Gasteiger charge is 2.25. The normalized spacial score (nSPS) is 20.4. The van der Waals surface area contributed by atoms with Gasteiger partial charge in [0.2, 0.25) is 5.91 Å². The van der Waals surface area contributed by atoms with Gasteiger partial charge in [-0.3, -0.25) is 9.59 Å². The van der Waals surface area contributed by atoms with Crippen molar-refractivity contribution in [2.24, 2.45) is 11.8 Å². The van der Waals surface area contributed by atoms with E-state index in [-0.39, 0.29) is 11.8 Å². The van der Waals surface area contributed by atoms with Crippen molar-refractivity contribution in [2.75, 3.05) is 31.6 Å². The zero-order valence-corrected chi connectivity index (χ0v) is 18.9. The highest BCUT2D eigenvalue weighted by Crippen LogP contribution is 2.29. The summed E-state index contributed by atoms with van der Waals surface area (Å²) in [5.41, 5.74) is 1.88. The van der Waals surface area contributed by atoms with E-state index in [0.717, 1.165) is 50.0 Å². The van der Waals surface area contributed by atoms with Crippen molar-refractivity contribution in [2.45, 2.75) is 71.1 Å². The fourth-order valence-electron chi connectivity index (χ4n) is 4.87. The van der Waals surface area contributed by atoms with E-state index in [1.807, 2.05) is 25.1 Å². The van der Waals surface area contributed by atoms with Crippen molar-refractivity contribution >= 4 is 17.6 Å². The van der Waals surface area contributed by atoms with Crippen LogP contribution in [0.4, 0.5) is 5.69 Å². The number of piperidine rings is 1. The number of aliphatic carboxylic acids is 1. The SMILES string of the molecule is CCOc1cc(CCN2CCCC(C(=O)O)C2)ccc1NC(=O)CCC1CCCCC1. The van der Waals surface area contributed by atoms with Gasteiger partial charge in [-0.2, -0.15) is 0 Å². The van der Waals surface area contributed by atoms with Crippen molar-refractivity contribution in [3.63, 3.8) is 0 Å². The van der Waals surface area contributed by atoms with Crippen molar-refractivity contribution in [1.29, 1.82) is 0 Å². The number of likely N-dealkylation sites (tertiary alicyclic amines) is 1. The molecule has 1 amide bonds. The number of carbonyl (C=O) groups excluding carboxylic acids is 1. The zero-order valence-electron chi connectivity index (χ0n) is 18.9. The summed E-state index contributed by atoms with van der Waals surface area (Å²) in [5, 5.41) is 12.3. The van der Waals surface area contributed by atoms with E-state index in [1.54, 1.807) is 0 Å². The number of hydrogen-bond donors (Lipinski definition) is 2. The number of carbonyl (C=O) groups is 2. The fourth-order valence-corrected chi connectivity index (χ4v) is 4.87. The molecule has 6 heteroatoms. The molecule has 0 spiro atoms. The van der Waals surface area contributed by atoms with Crippen LogP contribution in [-0.4, -0.2) is 48.1 Å². The minimum absolute atomic E-state index is 0.0623. The lowest BCUT2D eigenvalue weighted by atomic mass is 9.86. The van der Waals surface area contributed by atoms with Gasteiger partial charge in [0.1, 0.15) is 5.75 Å². The molecule has 3 rings (SSSR count). The molecule has 0 aromatic heterocycles. The second-order valence-corrected chi connectivity index (χ2v) is 9.08. The van der Waals surface area contributed by atoms with Gasteiger partial charge in [-0.1, -0.05) is 38.2 Å². The van der Waals surface area contributed by atoms with Crippen molar-refractivity contribution in [1.82, 2.24) is 4.90 Å². The van der Waals surface area contributed by atoms with Gasteiger partial charge in [-0.05, 0) is 62.8 Å². The summed E-state index contributed by atoms with van der Waals surface area (Å²) in [7, 11) is 0. The maximum Gasteiger partial charge on any atom is 0.307 e. The predicted molar refractivity (Wildman–Crippen MR) is 123 cm³/mol. The first-order chi connectivity index (χ1) is 15.0. The number of hydrogen-bond acceptors (Lipinski definition) is 4. The Labute approximate surface area is 186 Å². The van der Waals surface area contributed by atoms with Crippen molar-refractivity contribution in [3.8, 4) is 5.75 Å². The number of amides is 1. The molecule has 2 N–H and O–H groups in total. The molecule has 1 atom stereocenters. The van der Waals surface area contributed by atoms with Crippen LogP contribution < -0.4 is 10.1 Å². The second kappa shape index (κ2) is 12.1. The number of nitrogens with one attached hydrogen (secondary N) is 1. The summed E-state index contributed by atoms with van der Waals surface area (Å²) >= 11 is 0. The van der Waals surface area contributed by atoms with Crippen LogP contribution in [0.5, 0.6) is 5.75 Å². The maximum absolute atomic E-state index is 12.5. The molecule has 1 saturated heterocycles. The average Bonchev–Trinajstić information content (AvgIpc) is 2.79. The molecule has 1 aromatic carbocycles. The minimum atomic E-state index is -0.688. The molecule has 6 nitrogen and oxygen atoms in total. The van der Waals surface area contributed by atoms with Gasteiger partial charge in [-0.15, -0.1) is 0 Å². The second-order valence-electron chi connectivity index (χ2n) is 9.08. The molecule has 2 fully saturated rings. The third-order valence-corrected chi connectivity index (χ3v) is 6.70. The lowest BCUT2D eigenvalue weighted by Crippen LogP contribution is -2.39. The molecule has 0 bridgehead atoms. The fraction of sp³-hybridized carbons (Fsp3) is 0.680. The van der Waals surface area contributed by atoms with Crippen LogP contribution in [-0.2, 0) is 16.0 Å². The van der Waals surface area contributed by atoms with Crippen LogP contribution in [0.1, 0.15) is 70.3 Å². The molecule has 1 unspecified atom stereocenters. The van der Waals surface area contributed by atoms with Crippen molar-refractivity contribution in [3.05, 3.63) is 23.8 Å². The Morgan fingerprint density at radius 3 is 2.71 bits per heavy atom. The number of anilines is 1. The first-order valence-corrected chi connectivity index (χ1v) is 12.1. The summed E-state index contributed by atoms with van der Waals surface area (Å²) in [4.78, 5) is 26.0. The van der Waals surface area contributed by atoms with Crippen LogP contribution in [0, 0.1) is 11.8 Å². The van der Waals surface area contributed by atoms with E-state index < -0.39 is 5.97 Å². The Hall–Kier alpha value is -2.08. The third kappa shape index (κ3) is 7.53. The van der Waals surface area contributed by atoms with Crippen molar-refractivity contribution < 1.29 is 19.4 Å². The molecule has 0 radical (unpaired) electrons. The zero-order chi connectivity index (χ0) is 22.1. The van der Waals surface area contributed by atoms with Crippen LogP contribution in [0.15, 0.2) is 18.2 Å². The molecular weight excluding hydrogens is 392 g/mol. The summed E-state index contributed by atoms with van der Waals surface area (Å²) in [5.74, 6) is 0.537. The number of ether oxygens (including phenoxy) is 1. The molecule has 1 saturated carbocycles. The van der Waals surface area contributed by atoms with Gasteiger partial charge in [0, 0.05) is 19.5 Å².